The Kier molecular flexibility index (Phi) is 8.36. The van der Waals surface area contributed by atoms with E-state index in [0.29, 0.717) is 26.3 Å². The van der Waals surface area contributed by atoms with E-state index in [4.69, 9.17) is 4.18 Å². The topological polar surface area (TPSA) is 130 Å². The van der Waals surface area contributed by atoms with Crippen molar-refractivity contribution in [2.24, 2.45) is 4.99 Å². The fraction of sp³-hybridized carbons (Fsp3) is 0.917. The Balaban J connectivity index is 2.36. The molecule has 0 radical (unpaired) electrons. The fourth-order valence-electron chi connectivity index (χ4n) is 1.90. The zero-order chi connectivity index (χ0) is 18.2. The fourth-order valence-corrected chi connectivity index (χ4v) is 4.05. The van der Waals surface area contributed by atoms with E-state index in [-0.39, 0.29) is 24.4 Å². The average Bonchev–Trinajstić information content (AvgIpc) is 2.45. The summed E-state index contributed by atoms with van der Waals surface area (Å²) in [5.41, 5.74) is 0. The van der Waals surface area contributed by atoms with Crippen LogP contribution in [0.5, 0.6) is 0 Å². The summed E-state index contributed by atoms with van der Waals surface area (Å²) in [5.74, 6) is 0.292. The number of hydrogen-bond acceptors (Lipinski definition) is 7. The number of quaternary nitrogens is 1. The Morgan fingerprint density at radius 2 is 2.04 bits per heavy atom. The van der Waals surface area contributed by atoms with Crippen molar-refractivity contribution in [1.82, 2.24) is 14.8 Å². The summed E-state index contributed by atoms with van der Waals surface area (Å²) in [4.78, 5) is 5.06. The van der Waals surface area contributed by atoms with Crippen molar-refractivity contribution in [3.8, 4) is 0 Å². The molecule has 0 aromatic carbocycles. The zero-order valence-corrected chi connectivity index (χ0v) is 16.0. The molecule has 0 aromatic rings. The molecule has 0 saturated heterocycles. The van der Waals surface area contributed by atoms with Gasteiger partial charge in [-0.15, -0.1) is 0 Å². The molecule has 24 heavy (non-hydrogen) atoms. The third-order valence-corrected chi connectivity index (χ3v) is 5.63. The lowest BCUT2D eigenvalue weighted by Gasteiger charge is -2.24. The van der Waals surface area contributed by atoms with Crippen molar-refractivity contribution in [2.45, 2.75) is 39.7 Å². The van der Waals surface area contributed by atoms with Crippen LogP contribution in [0.2, 0.25) is 0 Å². The largest absolute Gasteiger partial charge is 0.336 e. The van der Waals surface area contributed by atoms with E-state index in [2.05, 4.69) is 19.8 Å². The van der Waals surface area contributed by atoms with Crippen molar-refractivity contribution in [3.05, 3.63) is 0 Å². The Morgan fingerprint density at radius 1 is 1.33 bits per heavy atom. The standard InChI is InChI=1S/C12H27N5O5S2/c1-4-5-8-23(18,19)16-12-13-9-17(10-14-12)6-7-22-24(20,21)15-11(2)3/h11,15H,4-10H2,1-3H3,(H2,13,14,16)/p+1. The van der Waals surface area contributed by atoms with Gasteiger partial charge < -0.3 is 5.32 Å². The number of sulfonamides is 1. The van der Waals surface area contributed by atoms with Gasteiger partial charge in [0, 0.05) is 6.04 Å². The van der Waals surface area contributed by atoms with Gasteiger partial charge in [-0.05, 0) is 20.3 Å². The minimum absolute atomic E-state index is 0.0200. The van der Waals surface area contributed by atoms with Gasteiger partial charge in [-0.1, -0.05) is 13.3 Å². The molecule has 0 aromatic heterocycles. The zero-order valence-electron chi connectivity index (χ0n) is 14.3. The third kappa shape index (κ3) is 8.78. The van der Waals surface area contributed by atoms with Crippen molar-refractivity contribution < 1.29 is 25.9 Å². The summed E-state index contributed by atoms with van der Waals surface area (Å²) in [6.07, 6.45) is 1.39. The van der Waals surface area contributed by atoms with Gasteiger partial charge in [0.05, 0.1) is 5.75 Å². The molecular formula is C12H28N5O5S2+. The lowest BCUT2D eigenvalue weighted by atomic mass is 10.4. The van der Waals surface area contributed by atoms with Crippen LogP contribution in [0, 0.1) is 0 Å². The van der Waals surface area contributed by atoms with Crippen molar-refractivity contribution in [2.75, 3.05) is 32.2 Å². The predicted octanol–water partition coefficient (Wildman–Crippen LogP) is -2.28. The average molecular weight is 387 g/mol. The second-order valence-electron chi connectivity index (χ2n) is 5.84. The van der Waals surface area contributed by atoms with Gasteiger partial charge in [-0.2, -0.15) is 18.1 Å². The van der Waals surface area contributed by atoms with Gasteiger partial charge in [0.25, 0.3) is 0 Å². The van der Waals surface area contributed by atoms with E-state index >= 15 is 0 Å². The molecule has 0 spiro atoms. The Morgan fingerprint density at radius 3 is 2.58 bits per heavy atom. The van der Waals surface area contributed by atoms with Crippen LogP contribution in [-0.4, -0.2) is 61.1 Å². The number of hydrogen-bond donors (Lipinski definition) is 4. The van der Waals surface area contributed by atoms with Gasteiger partial charge in [0.1, 0.15) is 13.2 Å². The van der Waals surface area contributed by atoms with Crippen LogP contribution in [0.15, 0.2) is 4.99 Å². The van der Waals surface area contributed by atoms with Gasteiger partial charge in [0.2, 0.25) is 16.0 Å². The number of unbranched alkanes of at least 4 members (excludes halogenated alkanes) is 1. The monoisotopic (exact) mass is 386 g/mol. The van der Waals surface area contributed by atoms with E-state index in [1.54, 1.807) is 13.8 Å². The number of rotatable bonds is 10. The number of aliphatic imine (C=N–C) groups is 1. The van der Waals surface area contributed by atoms with Crippen LogP contribution in [0.1, 0.15) is 33.6 Å². The lowest BCUT2D eigenvalue weighted by Crippen LogP contribution is -3.15. The maximum absolute atomic E-state index is 11.8. The molecule has 1 aliphatic heterocycles. The third-order valence-electron chi connectivity index (χ3n) is 3.06. The molecule has 1 heterocycles. The van der Waals surface area contributed by atoms with E-state index in [9.17, 15) is 16.8 Å². The second-order valence-corrected chi connectivity index (χ2v) is 9.06. The molecule has 1 aliphatic rings. The van der Waals surface area contributed by atoms with Crippen molar-refractivity contribution in [3.63, 3.8) is 0 Å². The molecule has 142 valence electrons. The highest BCUT2D eigenvalue weighted by molar-refractivity contribution is 7.90. The first-order valence-electron chi connectivity index (χ1n) is 7.92. The second kappa shape index (κ2) is 9.51. The number of nitrogens with zero attached hydrogens (tertiary/aromatic N) is 1. The minimum atomic E-state index is -3.74. The summed E-state index contributed by atoms with van der Waals surface area (Å²) in [5, 5.41) is 2.88. The molecule has 1 rings (SSSR count). The first kappa shape index (κ1) is 21.1. The molecule has 1 unspecified atom stereocenters. The van der Waals surface area contributed by atoms with Gasteiger partial charge in [-0.25, -0.2) is 8.42 Å². The highest BCUT2D eigenvalue weighted by Gasteiger charge is 2.20. The summed E-state index contributed by atoms with van der Waals surface area (Å²) >= 11 is 0. The smallest absolute Gasteiger partial charge is 0.309 e. The Bertz CT molecular complexity index is 618. The number of nitrogens with one attached hydrogen (secondary N) is 4. The molecule has 4 N–H and O–H groups in total. The first-order chi connectivity index (χ1) is 11.1. The normalized spacial score (nSPS) is 19.0. The molecule has 0 amide bonds. The molecule has 10 nitrogen and oxygen atoms in total. The first-order valence-corrected chi connectivity index (χ1v) is 11.0. The van der Waals surface area contributed by atoms with Crippen LogP contribution in [0.4, 0.5) is 0 Å². The van der Waals surface area contributed by atoms with Crippen LogP contribution < -0.4 is 19.7 Å². The summed E-state index contributed by atoms with van der Waals surface area (Å²) < 4.78 is 56.2. The van der Waals surface area contributed by atoms with Crippen LogP contribution in [0.25, 0.3) is 0 Å². The van der Waals surface area contributed by atoms with Crippen LogP contribution in [0.3, 0.4) is 0 Å². The van der Waals surface area contributed by atoms with E-state index < -0.39 is 20.3 Å². The molecular weight excluding hydrogens is 358 g/mol. The van der Waals surface area contributed by atoms with Gasteiger partial charge >= 0.3 is 10.3 Å². The molecule has 12 heteroatoms. The lowest BCUT2D eigenvalue weighted by molar-refractivity contribution is -0.903. The van der Waals surface area contributed by atoms with E-state index in [1.807, 2.05) is 6.92 Å². The highest BCUT2D eigenvalue weighted by atomic mass is 32.2. The Labute approximate surface area is 144 Å². The van der Waals surface area contributed by atoms with Crippen molar-refractivity contribution >= 4 is 26.3 Å². The van der Waals surface area contributed by atoms with E-state index in [0.717, 1.165) is 11.3 Å². The Hall–Kier alpha value is -0.950. The maximum Gasteiger partial charge on any atom is 0.336 e. The molecule has 0 fully saturated rings. The quantitative estimate of drug-likeness (QED) is 0.335. The SMILES string of the molecule is CCCCS(=O)(=O)NC1=NC[NH+](CCOS(=O)(=O)NC(C)C)CN1. The van der Waals surface area contributed by atoms with Crippen LogP contribution >= 0.6 is 0 Å². The van der Waals surface area contributed by atoms with Crippen molar-refractivity contribution in [1.29, 1.82) is 0 Å². The maximum atomic E-state index is 11.8. The minimum Gasteiger partial charge on any atom is -0.309 e. The summed E-state index contributed by atoms with van der Waals surface area (Å²) in [6, 6.07) is -0.230. The van der Waals surface area contributed by atoms with Gasteiger partial charge in [0.15, 0.2) is 13.3 Å². The molecule has 0 aliphatic carbocycles. The van der Waals surface area contributed by atoms with Crippen LogP contribution in [-0.2, 0) is 24.5 Å². The van der Waals surface area contributed by atoms with Gasteiger partial charge in [-0.3, -0.25) is 13.8 Å². The highest BCUT2D eigenvalue weighted by Crippen LogP contribution is 1.93. The molecule has 1 atom stereocenters. The molecule has 0 bridgehead atoms. The van der Waals surface area contributed by atoms with E-state index in [1.165, 1.54) is 0 Å². The summed E-state index contributed by atoms with van der Waals surface area (Å²) in [6.45, 7) is 6.54. The molecule has 0 saturated carbocycles. The number of guanidine groups is 1. The predicted molar refractivity (Wildman–Crippen MR) is 91.1 cm³/mol. The summed E-state index contributed by atoms with van der Waals surface area (Å²) in [7, 11) is -7.11.